The molecule has 0 amide bonds. The minimum absolute atomic E-state index is 0.265. The van der Waals surface area contributed by atoms with Crippen LogP contribution in [0, 0.1) is 17.1 Å². The van der Waals surface area contributed by atoms with E-state index in [4.69, 9.17) is 14.9 Å². The van der Waals surface area contributed by atoms with Gasteiger partial charge in [0, 0.05) is 18.4 Å². The number of aromatic hydroxyl groups is 1. The molecule has 0 saturated heterocycles. The van der Waals surface area contributed by atoms with Crippen molar-refractivity contribution in [3.63, 3.8) is 0 Å². The first-order valence-corrected chi connectivity index (χ1v) is 5.39. The Morgan fingerprint density at radius 1 is 1.44 bits per heavy atom. The molecule has 2 aromatic rings. The summed E-state index contributed by atoms with van der Waals surface area (Å²) in [5.74, 6) is -0.477. The molecule has 0 bridgehead atoms. The molecule has 0 saturated carbocycles. The Balaban J connectivity index is 2.14. The highest BCUT2D eigenvalue weighted by Crippen LogP contribution is 2.22. The van der Waals surface area contributed by atoms with Crippen LogP contribution in [-0.4, -0.2) is 15.2 Å². The standard InChI is InChI=1S/C12H10FN3O2/c13-9-7-8(4-5-10(9)17)12-15-11(18-16-12)3-1-2-6-14/h4-5,7,17H,1-3H2. The molecular weight excluding hydrogens is 237 g/mol. The summed E-state index contributed by atoms with van der Waals surface area (Å²) < 4.78 is 18.1. The molecule has 0 aliphatic rings. The molecular formula is C12H10FN3O2. The molecule has 1 N–H and O–H groups in total. The van der Waals surface area contributed by atoms with E-state index in [2.05, 4.69) is 10.1 Å². The Morgan fingerprint density at radius 3 is 3.00 bits per heavy atom. The van der Waals surface area contributed by atoms with Gasteiger partial charge in [-0.3, -0.25) is 0 Å². The van der Waals surface area contributed by atoms with Crippen molar-refractivity contribution in [2.24, 2.45) is 0 Å². The first-order valence-electron chi connectivity index (χ1n) is 5.39. The maximum atomic E-state index is 13.1. The highest BCUT2D eigenvalue weighted by molar-refractivity contribution is 5.55. The van der Waals surface area contributed by atoms with Crippen molar-refractivity contribution < 1.29 is 14.0 Å². The Morgan fingerprint density at radius 2 is 2.28 bits per heavy atom. The molecule has 0 aliphatic carbocycles. The molecule has 0 atom stereocenters. The highest BCUT2D eigenvalue weighted by atomic mass is 19.1. The Hall–Kier alpha value is -2.42. The lowest BCUT2D eigenvalue weighted by atomic mass is 10.2. The van der Waals surface area contributed by atoms with Gasteiger partial charge >= 0.3 is 0 Å². The van der Waals surface area contributed by atoms with Crippen molar-refractivity contribution in [3.8, 4) is 23.2 Å². The maximum absolute atomic E-state index is 13.1. The first kappa shape index (κ1) is 12.0. The third kappa shape index (κ3) is 2.63. The minimum atomic E-state index is -0.733. The number of nitriles is 1. The van der Waals surface area contributed by atoms with E-state index in [-0.39, 0.29) is 5.82 Å². The monoisotopic (exact) mass is 247 g/mol. The van der Waals surface area contributed by atoms with Gasteiger partial charge in [0.05, 0.1) is 6.07 Å². The smallest absolute Gasteiger partial charge is 0.226 e. The molecule has 0 aliphatic heterocycles. The fourth-order valence-electron chi connectivity index (χ4n) is 1.44. The number of nitrogens with zero attached hydrogens (tertiary/aromatic N) is 3. The summed E-state index contributed by atoms with van der Waals surface area (Å²) in [5.41, 5.74) is 0.431. The van der Waals surface area contributed by atoms with Gasteiger partial charge in [-0.15, -0.1) is 0 Å². The summed E-state index contributed by atoms with van der Waals surface area (Å²) in [6.07, 6.45) is 1.58. The van der Waals surface area contributed by atoms with Gasteiger partial charge in [0.25, 0.3) is 0 Å². The Labute approximate surface area is 102 Å². The molecule has 0 spiro atoms. The molecule has 0 radical (unpaired) electrons. The van der Waals surface area contributed by atoms with E-state index in [0.717, 1.165) is 6.07 Å². The molecule has 1 aromatic heterocycles. The van der Waals surface area contributed by atoms with Crippen LogP contribution in [0.2, 0.25) is 0 Å². The van der Waals surface area contributed by atoms with Gasteiger partial charge in [-0.25, -0.2) is 4.39 Å². The normalized spacial score (nSPS) is 10.2. The fourth-order valence-corrected chi connectivity index (χ4v) is 1.44. The summed E-state index contributed by atoms with van der Waals surface area (Å²) in [7, 11) is 0. The third-order valence-corrected chi connectivity index (χ3v) is 2.35. The second-order valence-electron chi connectivity index (χ2n) is 3.69. The lowest BCUT2D eigenvalue weighted by Crippen LogP contribution is -1.86. The number of aromatic nitrogens is 2. The van der Waals surface area contributed by atoms with Gasteiger partial charge < -0.3 is 9.63 Å². The van der Waals surface area contributed by atoms with Gasteiger partial charge in [-0.1, -0.05) is 5.16 Å². The summed E-state index contributed by atoms with van der Waals surface area (Å²) in [6.45, 7) is 0. The van der Waals surface area contributed by atoms with Crippen molar-refractivity contribution >= 4 is 0 Å². The molecule has 18 heavy (non-hydrogen) atoms. The average Bonchev–Trinajstić information content (AvgIpc) is 2.82. The lowest BCUT2D eigenvalue weighted by Gasteiger charge is -1.96. The van der Waals surface area contributed by atoms with E-state index in [0.29, 0.717) is 30.7 Å². The van der Waals surface area contributed by atoms with Crippen molar-refractivity contribution in [2.45, 2.75) is 19.3 Å². The van der Waals surface area contributed by atoms with Crippen LogP contribution >= 0.6 is 0 Å². The van der Waals surface area contributed by atoms with Crippen LogP contribution < -0.4 is 0 Å². The zero-order valence-electron chi connectivity index (χ0n) is 9.43. The van der Waals surface area contributed by atoms with Crippen molar-refractivity contribution in [1.29, 1.82) is 5.26 Å². The van der Waals surface area contributed by atoms with Crippen LogP contribution in [0.1, 0.15) is 18.7 Å². The van der Waals surface area contributed by atoms with Crippen LogP contribution in [0.15, 0.2) is 22.7 Å². The zero-order valence-corrected chi connectivity index (χ0v) is 9.43. The number of aryl methyl sites for hydroxylation is 1. The van der Waals surface area contributed by atoms with Crippen LogP contribution in [0.5, 0.6) is 5.75 Å². The number of rotatable bonds is 4. The predicted octanol–water partition coefficient (Wildman–Crippen LogP) is 2.43. The molecule has 1 heterocycles. The number of phenolic OH excluding ortho intramolecular Hbond substituents is 1. The van der Waals surface area contributed by atoms with E-state index < -0.39 is 11.6 Å². The SMILES string of the molecule is N#CCCCc1nc(-c2ccc(O)c(F)c2)no1. The van der Waals surface area contributed by atoms with E-state index >= 15 is 0 Å². The van der Waals surface area contributed by atoms with Crippen molar-refractivity contribution in [2.75, 3.05) is 0 Å². The van der Waals surface area contributed by atoms with Gasteiger partial charge in [0.2, 0.25) is 11.7 Å². The van der Waals surface area contributed by atoms with E-state index in [1.807, 2.05) is 6.07 Å². The zero-order chi connectivity index (χ0) is 13.0. The number of hydrogen-bond donors (Lipinski definition) is 1. The number of phenols is 1. The number of unbranched alkanes of at least 4 members (excludes halogenated alkanes) is 1. The number of halogens is 1. The quantitative estimate of drug-likeness (QED) is 0.839. The summed E-state index contributed by atoms with van der Waals surface area (Å²) >= 11 is 0. The van der Waals surface area contributed by atoms with E-state index in [1.54, 1.807) is 0 Å². The second kappa shape index (κ2) is 5.27. The molecule has 1 aromatic carbocycles. The average molecular weight is 247 g/mol. The highest BCUT2D eigenvalue weighted by Gasteiger charge is 2.10. The van der Waals surface area contributed by atoms with Crippen molar-refractivity contribution in [1.82, 2.24) is 10.1 Å². The van der Waals surface area contributed by atoms with Crippen LogP contribution in [-0.2, 0) is 6.42 Å². The summed E-state index contributed by atoms with van der Waals surface area (Å²) in [4.78, 5) is 4.09. The maximum Gasteiger partial charge on any atom is 0.226 e. The van der Waals surface area contributed by atoms with Gasteiger partial charge in [-0.2, -0.15) is 10.2 Å². The van der Waals surface area contributed by atoms with Gasteiger partial charge in [0.15, 0.2) is 11.6 Å². The topological polar surface area (TPSA) is 82.9 Å². The van der Waals surface area contributed by atoms with E-state index in [9.17, 15) is 4.39 Å². The summed E-state index contributed by atoms with van der Waals surface area (Å²) in [5, 5.41) is 21.2. The lowest BCUT2D eigenvalue weighted by molar-refractivity contribution is 0.376. The van der Waals surface area contributed by atoms with E-state index in [1.165, 1.54) is 12.1 Å². The minimum Gasteiger partial charge on any atom is -0.505 e. The number of hydrogen-bond acceptors (Lipinski definition) is 5. The van der Waals surface area contributed by atoms with Crippen LogP contribution in [0.4, 0.5) is 4.39 Å². The van der Waals surface area contributed by atoms with Gasteiger partial charge in [-0.05, 0) is 24.6 Å². The third-order valence-electron chi connectivity index (χ3n) is 2.35. The largest absolute Gasteiger partial charge is 0.505 e. The Kier molecular flexibility index (Phi) is 3.53. The van der Waals surface area contributed by atoms with Crippen LogP contribution in [0.3, 0.4) is 0 Å². The molecule has 0 unspecified atom stereocenters. The molecule has 6 heteroatoms. The summed E-state index contributed by atoms with van der Waals surface area (Å²) in [6, 6.07) is 5.90. The second-order valence-corrected chi connectivity index (χ2v) is 3.69. The van der Waals surface area contributed by atoms with Gasteiger partial charge in [0.1, 0.15) is 0 Å². The fraction of sp³-hybridized carbons (Fsp3) is 0.250. The first-order chi connectivity index (χ1) is 8.70. The predicted molar refractivity (Wildman–Crippen MR) is 59.9 cm³/mol. The molecule has 5 nitrogen and oxygen atoms in total. The number of benzene rings is 1. The molecule has 2 rings (SSSR count). The molecule has 92 valence electrons. The van der Waals surface area contributed by atoms with Crippen molar-refractivity contribution in [3.05, 3.63) is 29.9 Å². The Bertz CT molecular complexity index is 589. The molecule has 0 fully saturated rings. The van der Waals surface area contributed by atoms with Crippen LogP contribution in [0.25, 0.3) is 11.4 Å².